The zero-order chi connectivity index (χ0) is 19.5. The number of thioether (sulfide) groups is 1. The number of fused-ring (bicyclic) bond motifs is 1. The van der Waals surface area contributed by atoms with E-state index in [1.165, 1.54) is 5.39 Å². The van der Waals surface area contributed by atoms with E-state index >= 15 is 0 Å². The first-order valence-electron chi connectivity index (χ1n) is 8.66. The molecule has 1 aliphatic heterocycles. The normalized spacial score (nSPS) is 15.1. The summed E-state index contributed by atoms with van der Waals surface area (Å²) in [5, 5.41) is 4.20. The molecule has 5 nitrogen and oxygen atoms in total. The Bertz CT molecular complexity index is 1100. The number of benzene rings is 3. The van der Waals surface area contributed by atoms with Gasteiger partial charge in [0.2, 0.25) is 0 Å². The molecule has 1 heterocycles. The third-order valence-electron chi connectivity index (χ3n) is 4.39. The van der Waals surface area contributed by atoms with Gasteiger partial charge in [0.25, 0.3) is 11.1 Å². The first kappa shape index (κ1) is 18.1. The molecule has 0 aromatic heterocycles. The molecule has 0 unspecified atom stereocenters. The van der Waals surface area contributed by atoms with Crippen molar-refractivity contribution >= 4 is 39.8 Å². The highest BCUT2D eigenvalue weighted by Gasteiger charge is 2.25. The second-order valence-corrected chi connectivity index (χ2v) is 7.20. The summed E-state index contributed by atoms with van der Waals surface area (Å²) in [6.45, 7) is 0.408. The third-order valence-corrected chi connectivity index (χ3v) is 5.20. The second-order valence-electron chi connectivity index (χ2n) is 6.19. The minimum Gasteiger partial charge on any atom is -0.493 e. The van der Waals surface area contributed by atoms with E-state index in [2.05, 4.69) is 23.5 Å². The average Bonchev–Trinajstić information content (AvgIpc) is 3.03. The molecule has 1 saturated heterocycles. The number of ether oxygens (including phenoxy) is 2. The van der Waals surface area contributed by atoms with E-state index in [1.807, 2.05) is 30.3 Å². The SMILES string of the molecule is COc1cc(/C=C2/SC(=O)NC2=O)ccc1OCc1cccc2ccccc12. The maximum Gasteiger partial charge on any atom is 0.290 e. The summed E-state index contributed by atoms with van der Waals surface area (Å²) in [4.78, 5) is 23.3. The molecule has 0 saturated carbocycles. The maximum atomic E-state index is 11.7. The van der Waals surface area contributed by atoms with Gasteiger partial charge in [-0.3, -0.25) is 14.9 Å². The van der Waals surface area contributed by atoms with Crippen molar-refractivity contribution in [2.24, 2.45) is 0 Å². The Hall–Kier alpha value is -3.25. The van der Waals surface area contributed by atoms with Crippen molar-refractivity contribution in [2.45, 2.75) is 6.61 Å². The molecule has 4 rings (SSSR count). The topological polar surface area (TPSA) is 64.6 Å². The number of methoxy groups -OCH3 is 1. The first-order valence-corrected chi connectivity index (χ1v) is 9.48. The quantitative estimate of drug-likeness (QED) is 0.636. The van der Waals surface area contributed by atoms with Gasteiger partial charge in [0.1, 0.15) is 6.61 Å². The van der Waals surface area contributed by atoms with E-state index in [1.54, 1.807) is 25.3 Å². The lowest BCUT2D eigenvalue weighted by Gasteiger charge is -2.13. The first-order chi connectivity index (χ1) is 13.6. The number of carbonyl (C=O) groups is 2. The van der Waals surface area contributed by atoms with Crippen LogP contribution in [0.4, 0.5) is 4.79 Å². The number of imide groups is 1. The molecule has 2 amide bonds. The largest absolute Gasteiger partial charge is 0.493 e. The van der Waals surface area contributed by atoms with E-state index in [0.29, 0.717) is 23.0 Å². The lowest BCUT2D eigenvalue weighted by molar-refractivity contribution is -0.115. The lowest BCUT2D eigenvalue weighted by atomic mass is 10.1. The van der Waals surface area contributed by atoms with Gasteiger partial charge in [0, 0.05) is 0 Å². The fourth-order valence-electron chi connectivity index (χ4n) is 3.04. The van der Waals surface area contributed by atoms with Gasteiger partial charge in [-0.1, -0.05) is 48.5 Å². The Morgan fingerprint density at radius 3 is 2.61 bits per heavy atom. The van der Waals surface area contributed by atoms with Gasteiger partial charge in [-0.25, -0.2) is 0 Å². The summed E-state index contributed by atoms with van der Waals surface area (Å²) >= 11 is 0.884. The minimum absolute atomic E-state index is 0.358. The zero-order valence-electron chi connectivity index (χ0n) is 15.1. The Balaban J connectivity index is 1.56. The summed E-state index contributed by atoms with van der Waals surface area (Å²) in [5.41, 5.74) is 1.84. The molecule has 1 N–H and O–H groups in total. The van der Waals surface area contributed by atoms with Crippen LogP contribution in [0.1, 0.15) is 11.1 Å². The number of carbonyl (C=O) groups excluding carboxylic acids is 2. The molecule has 3 aromatic rings. The summed E-state index contributed by atoms with van der Waals surface area (Å²) in [6, 6.07) is 19.7. The van der Waals surface area contributed by atoms with Gasteiger partial charge in [-0.05, 0) is 51.9 Å². The molecule has 0 bridgehead atoms. The Kier molecular flexibility index (Phi) is 5.04. The van der Waals surface area contributed by atoms with Gasteiger partial charge >= 0.3 is 0 Å². The molecule has 0 radical (unpaired) electrons. The smallest absolute Gasteiger partial charge is 0.290 e. The summed E-state index contributed by atoms with van der Waals surface area (Å²) in [7, 11) is 1.57. The van der Waals surface area contributed by atoms with E-state index in [-0.39, 0.29) is 11.1 Å². The van der Waals surface area contributed by atoms with Crippen molar-refractivity contribution in [3.8, 4) is 11.5 Å². The lowest BCUT2D eigenvalue weighted by Crippen LogP contribution is -2.17. The van der Waals surface area contributed by atoms with Crippen LogP contribution < -0.4 is 14.8 Å². The monoisotopic (exact) mass is 391 g/mol. The highest BCUT2D eigenvalue weighted by Crippen LogP contribution is 2.32. The molecule has 0 atom stereocenters. The number of nitrogens with one attached hydrogen (secondary N) is 1. The predicted octanol–water partition coefficient (Wildman–Crippen LogP) is 4.75. The summed E-state index contributed by atoms with van der Waals surface area (Å²) < 4.78 is 11.4. The van der Waals surface area contributed by atoms with Crippen molar-refractivity contribution in [1.29, 1.82) is 0 Å². The van der Waals surface area contributed by atoms with Crippen LogP contribution in [0.25, 0.3) is 16.8 Å². The summed E-state index contributed by atoms with van der Waals surface area (Å²) in [6.07, 6.45) is 1.65. The molecule has 1 aliphatic rings. The van der Waals surface area contributed by atoms with E-state index < -0.39 is 0 Å². The van der Waals surface area contributed by atoms with Crippen LogP contribution >= 0.6 is 11.8 Å². The van der Waals surface area contributed by atoms with E-state index in [4.69, 9.17) is 9.47 Å². The van der Waals surface area contributed by atoms with Crippen molar-refractivity contribution in [3.05, 3.63) is 76.7 Å². The number of hydrogen-bond donors (Lipinski definition) is 1. The Morgan fingerprint density at radius 2 is 1.82 bits per heavy atom. The van der Waals surface area contributed by atoms with Crippen LogP contribution in [0.3, 0.4) is 0 Å². The standard InChI is InChI=1S/C22H17NO4S/c1-26-19-11-14(12-20-21(24)23-22(25)28-20)9-10-18(19)27-13-16-7-4-6-15-5-2-3-8-17(15)16/h2-12H,13H2,1H3,(H,23,24,25)/b20-12+. The van der Waals surface area contributed by atoms with Crippen molar-refractivity contribution < 1.29 is 19.1 Å². The van der Waals surface area contributed by atoms with Crippen molar-refractivity contribution in [2.75, 3.05) is 7.11 Å². The molecule has 1 fully saturated rings. The Morgan fingerprint density at radius 1 is 1.00 bits per heavy atom. The average molecular weight is 391 g/mol. The summed E-state index contributed by atoms with van der Waals surface area (Å²) in [5.74, 6) is 0.784. The predicted molar refractivity (Wildman–Crippen MR) is 110 cm³/mol. The van der Waals surface area contributed by atoms with Gasteiger partial charge in [0.05, 0.1) is 12.0 Å². The van der Waals surface area contributed by atoms with Gasteiger partial charge < -0.3 is 9.47 Å². The van der Waals surface area contributed by atoms with Crippen molar-refractivity contribution in [3.63, 3.8) is 0 Å². The van der Waals surface area contributed by atoms with Crippen LogP contribution in [-0.2, 0) is 11.4 Å². The highest BCUT2D eigenvalue weighted by molar-refractivity contribution is 8.18. The number of hydrogen-bond acceptors (Lipinski definition) is 5. The van der Waals surface area contributed by atoms with Crippen LogP contribution in [0.2, 0.25) is 0 Å². The molecule has 0 spiro atoms. The van der Waals surface area contributed by atoms with Gasteiger partial charge in [-0.2, -0.15) is 0 Å². The molecule has 6 heteroatoms. The van der Waals surface area contributed by atoms with Crippen LogP contribution in [0.5, 0.6) is 11.5 Å². The molecule has 28 heavy (non-hydrogen) atoms. The highest BCUT2D eigenvalue weighted by atomic mass is 32.2. The molecular weight excluding hydrogens is 374 g/mol. The zero-order valence-corrected chi connectivity index (χ0v) is 15.9. The minimum atomic E-state index is -0.384. The maximum absolute atomic E-state index is 11.7. The van der Waals surface area contributed by atoms with E-state index in [9.17, 15) is 9.59 Å². The molecule has 140 valence electrons. The third kappa shape index (κ3) is 3.73. The van der Waals surface area contributed by atoms with Gasteiger partial charge in [0.15, 0.2) is 11.5 Å². The molecule has 3 aromatic carbocycles. The second kappa shape index (κ2) is 7.78. The van der Waals surface area contributed by atoms with Crippen molar-refractivity contribution in [1.82, 2.24) is 5.32 Å². The van der Waals surface area contributed by atoms with E-state index in [0.717, 1.165) is 28.3 Å². The van der Waals surface area contributed by atoms with Crippen LogP contribution in [0.15, 0.2) is 65.6 Å². The van der Waals surface area contributed by atoms with Crippen LogP contribution in [-0.4, -0.2) is 18.3 Å². The fourth-order valence-corrected chi connectivity index (χ4v) is 3.72. The fraction of sp³-hybridized carbons (Fsp3) is 0.0909. The Labute approximate surface area is 166 Å². The number of amides is 2. The van der Waals surface area contributed by atoms with Crippen LogP contribution in [0, 0.1) is 0 Å². The van der Waals surface area contributed by atoms with Gasteiger partial charge in [-0.15, -0.1) is 0 Å². The number of rotatable bonds is 5. The molecular formula is C22H17NO4S. The molecule has 0 aliphatic carbocycles.